The number of nitrogens with zero attached hydrogens (tertiary/aromatic N) is 4. The number of carbonyl (C=O) groups is 2. The molecule has 0 unspecified atom stereocenters. The van der Waals surface area contributed by atoms with Crippen LogP contribution in [0.25, 0.3) is 11.0 Å². The van der Waals surface area contributed by atoms with Gasteiger partial charge in [0.1, 0.15) is 12.2 Å². The predicted octanol–water partition coefficient (Wildman–Crippen LogP) is 1.98. The molecule has 33 heavy (non-hydrogen) atoms. The Bertz CT molecular complexity index is 1350. The van der Waals surface area contributed by atoms with E-state index in [1.807, 2.05) is 19.1 Å². The molecule has 1 fully saturated rings. The van der Waals surface area contributed by atoms with Crippen molar-refractivity contribution in [3.8, 4) is 0 Å². The molecule has 1 aromatic carbocycles. The number of hydrogen-bond acceptors (Lipinski definition) is 5. The van der Waals surface area contributed by atoms with Crippen molar-refractivity contribution < 1.29 is 9.59 Å². The zero-order valence-corrected chi connectivity index (χ0v) is 19.1. The Balaban J connectivity index is 1.78. The van der Waals surface area contributed by atoms with Gasteiger partial charge in [-0.15, -0.1) is 0 Å². The second kappa shape index (κ2) is 9.01. The van der Waals surface area contributed by atoms with Crippen LogP contribution in [0.4, 0.5) is 5.69 Å². The first-order valence-electron chi connectivity index (χ1n) is 11.0. The highest BCUT2D eigenvalue weighted by molar-refractivity contribution is 6.05. The lowest BCUT2D eigenvalue weighted by Gasteiger charge is -2.27. The van der Waals surface area contributed by atoms with Crippen LogP contribution >= 0.6 is 0 Å². The van der Waals surface area contributed by atoms with Crippen LogP contribution < -0.4 is 16.6 Å². The molecule has 1 N–H and O–H groups in total. The summed E-state index contributed by atoms with van der Waals surface area (Å²) in [6.07, 6.45) is 2.89. The number of piperidine rings is 1. The van der Waals surface area contributed by atoms with Crippen molar-refractivity contribution in [3.63, 3.8) is 0 Å². The van der Waals surface area contributed by atoms with E-state index in [1.54, 1.807) is 30.0 Å². The molecular formula is C24H27N5O4. The summed E-state index contributed by atoms with van der Waals surface area (Å²) in [6.45, 7) is 4.43. The molecule has 0 saturated carbocycles. The molecule has 9 heteroatoms. The number of amides is 2. The van der Waals surface area contributed by atoms with E-state index < -0.39 is 23.7 Å². The summed E-state index contributed by atoms with van der Waals surface area (Å²) >= 11 is 0. The molecular weight excluding hydrogens is 422 g/mol. The zero-order chi connectivity index (χ0) is 23.7. The molecule has 2 aromatic heterocycles. The summed E-state index contributed by atoms with van der Waals surface area (Å²) in [4.78, 5) is 58.4. The van der Waals surface area contributed by atoms with Crippen LogP contribution in [0.1, 0.15) is 40.9 Å². The maximum absolute atomic E-state index is 13.4. The van der Waals surface area contributed by atoms with Gasteiger partial charge < -0.3 is 10.2 Å². The van der Waals surface area contributed by atoms with E-state index in [9.17, 15) is 19.2 Å². The quantitative estimate of drug-likeness (QED) is 0.656. The molecule has 0 bridgehead atoms. The molecule has 0 aliphatic carbocycles. The van der Waals surface area contributed by atoms with Crippen molar-refractivity contribution in [1.29, 1.82) is 0 Å². The monoisotopic (exact) mass is 449 g/mol. The van der Waals surface area contributed by atoms with Gasteiger partial charge in [-0.2, -0.15) is 0 Å². The SMILES string of the molecule is Cc1ccc(NC(=O)Cn2c(=O)c3c(C(=O)N4CCCCC4)cc(C)nc3n(C)c2=O)cc1. The highest BCUT2D eigenvalue weighted by Crippen LogP contribution is 2.19. The van der Waals surface area contributed by atoms with Gasteiger partial charge in [-0.1, -0.05) is 17.7 Å². The van der Waals surface area contributed by atoms with E-state index >= 15 is 0 Å². The fourth-order valence-corrected chi connectivity index (χ4v) is 4.16. The summed E-state index contributed by atoms with van der Waals surface area (Å²) in [6, 6.07) is 8.78. The molecule has 0 spiro atoms. The van der Waals surface area contributed by atoms with Gasteiger partial charge in [0.25, 0.3) is 11.5 Å². The van der Waals surface area contributed by atoms with E-state index in [2.05, 4.69) is 10.3 Å². The second-order valence-corrected chi connectivity index (χ2v) is 8.51. The third-order valence-electron chi connectivity index (χ3n) is 5.93. The van der Waals surface area contributed by atoms with E-state index in [-0.39, 0.29) is 22.5 Å². The van der Waals surface area contributed by atoms with Gasteiger partial charge in [-0.3, -0.25) is 23.5 Å². The lowest BCUT2D eigenvalue weighted by atomic mass is 10.1. The Labute approximate surface area is 190 Å². The molecule has 4 rings (SSSR count). The molecule has 0 atom stereocenters. The van der Waals surface area contributed by atoms with Gasteiger partial charge in [-0.25, -0.2) is 9.78 Å². The van der Waals surface area contributed by atoms with Crippen molar-refractivity contribution in [1.82, 2.24) is 19.0 Å². The second-order valence-electron chi connectivity index (χ2n) is 8.51. The summed E-state index contributed by atoms with van der Waals surface area (Å²) in [5.74, 6) is -0.766. The molecule has 0 radical (unpaired) electrons. The van der Waals surface area contributed by atoms with Crippen molar-refractivity contribution in [2.75, 3.05) is 18.4 Å². The number of anilines is 1. The maximum atomic E-state index is 13.4. The lowest BCUT2D eigenvalue weighted by molar-refractivity contribution is -0.116. The first-order chi connectivity index (χ1) is 15.8. The molecule has 9 nitrogen and oxygen atoms in total. The van der Waals surface area contributed by atoms with Crippen LogP contribution in [0, 0.1) is 13.8 Å². The molecule has 3 heterocycles. The Morgan fingerprint density at radius 2 is 1.70 bits per heavy atom. The number of aromatic nitrogens is 3. The number of nitrogens with one attached hydrogen (secondary N) is 1. The van der Waals surface area contributed by atoms with Crippen LogP contribution in [-0.2, 0) is 18.4 Å². The number of hydrogen-bond donors (Lipinski definition) is 1. The average Bonchev–Trinajstić information content (AvgIpc) is 2.81. The lowest BCUT2D eigenvalue weighted by Crippen LogP contribution is -2.43. The normalized spacial score (nSPS) is 13.8. The zero-order valence-electron chi connectivity index (χ0n) is 19.1. The van der Waals surface area contributed by atoms with Crippen molar-refractivity contribution in [3.05, 3.63) is 68.0 Å². The van der Waals surface area contributed by atoms with E-state index in [4.69, 9.17) is 0 Å². The van der Waals surface area contributed by atoms with Crippen molar-refractivity contribution >= 4 is 28.5 Å². The van der Waals surface area contributed by atoms with Crippen LogP contribution in [0.5, 0.6) is 0 Å². The number of likely N-dealkylation sites (tertiary alicyclic amines) is 1. The number of pyridine rings is 1. The smallest absolute Gasteiger partial charge is 0.332 e. The molecule has 1 saturated heterocycles. The Morgan fingerprint density at radius 1 is 1.03 bits per heavy atom. The highest BCUT2D eigenvalue weighted by Gasteiger charge is 2.25. The maximum Gasteiger partial charge on any atom is 0.332 e. The van der Waals surface area contributed by atoms with E-state index in [0.717, 1.165) is 29.4 Å². The minimum Gasteiger partial charge on any atom is -0.339 e. The third kappa shape index (κ3) is 4.44. The fourth-order valence-electron chi connectivity index (χ4n) is 4.16. The Morgan fingerprint density at radius 3 is 2.36 bits per heavy atom. The van der Waals surface area contributed by atoms with Gasteiger partial charge in [0, 0.05) is 31.5 Å². The van der Waals surface area contributed by atoms with Gasteiger partial charge in [-0.05, 0) is 51.3 Å². The van der Waals surface area contributed by atoms with Crippen LogP contribution in [0.3, 0.4) is 0 Å². The largest absolute Gasteiger partial charge is 0.339 e. The molecule has 172 valence electrons. The number of rotatable bonds is 4. The minimum atomic E-state index is -0.694. The molecule has 3 aromatic rings. The first-order valence-corrected chi connectivity index (χ1v) is 11.0. The first kappa shape index (κ1) is 22.4. The van der Waals surface area contributed by atoms with Gasteiger partial charge in [0.2, 0.25) is 5.91 Å². The topological polar surface area (TPSA) is 106 Å². The number of aryl methyl sites for hydroxylation is 3. The molecule has 1 aliphatic rings. The summed E-state index contributed by atoms with van der Waals surface area (Å²) < 4.78 is 2.08. The predicted molar refractivity (Wildman–Crippen MR) is 126 cm³/mol. The number of carbonyl (C=O) groups excluding carboxylic acids is 2. The van der Waals surface area contributed by atoms with Crippen molar-refractivity contribution in [2.24, 2.45) is 7.05 Å². The van der Waals surface area contributed by atoms with E-state index in [1.165, 1.54) is 11.6 Å². The third-order valence-corrected chi connectivity index (χ3v) is 5.93. The standard InChI is InChI=1S/C24H27N5O4/c1-15-7-9-17(10-8-15)26-19(30)14-29-23(32)20-18(22(31)28-11-5-4-6-12-28)13-16(2)25-21(20)27(3)24(29)33/h7-10,13H,4-6,11-12,14H2,1-3H3,(H,26,30). The van der Waals surface area contributed by atoms with Crippen molar-refractivity contribution in [2.45, 2.75) is 39.7 Å². The fraction of sp³-hybridized carbons (Fsp3) is 0.375. The molecule has 1 aliphatic heterocycles. The summed E-state index contributed by atoms with van der Waals surface area (Å²) in [7, 11) is 1.49. The summed E-state index contributed by atoms with van der Waals surface area (Å²) in [5, 5.41) is 2.76. The highest BCUT2D eigenvalue weighted by atomic mass is 16.2. The minimum absolute atomic E-state index is 0.0569. The van der Waals surface area contributed by atoms with E-state index in [0.29, 0.717) is 24.5 Å². The van der Waals surface area contributed by atoms with Gasteiger partial charge in [0.15, 0.2) is 0 Å². The number of fused-ring (bicyclic) bond motifs is 1. The summed E-state index contributed by atoms with van der Waals surface area (Å²) in [5.41, 5.74) is 1.14. The van der Waals surface area contributed by atoms with Crippen LogP contribution in [-0.4, -0.2) is 43.9 Å². The Hall–Kier alpha value is -3.75. The van der Waals surface area contributed by atoms with Gasteiger partial charge >= 0.3 is 5.69 Å². The van der Waals surface area contributed by atoms with Crippen LogP contribution in [0.2, 0.25) is 0 Å². The molecule has 2 amide bonds. The number of benzene rings is 1. The van der Waals surface area contributed by atoms with Crippen LogP contribution in [0.15, 0.2) is 39.9 Å². The average molecular weight is 450 g/mol. The van der Waals surface area contributed by atoms with Gasteiger partial charge in [0.05, 0.1) is 10.9 Å². The Kier molecular flexibility index (Phi) is 6.13.